The molecule has 0 heterocycles. The molecule has 4 heteroatoms. The van der Waals surface area contributed by atoms with E-state index < -0.39 is 12.6 Å². The van der Waals surface area contributed by atoms with Crippen molar-refractivity contribution in [2.24, 2.45) is 0 Å². The molecule has 0 fully saturated rings. The van der Waals surface area contributed by atoms with E-state index >= 15 is 0 Å². The fourth-order valence-corrected chi connectivity index (χ4v) is 2.18. The Kier molecular flexibility index (Phi) is 5.85. The molecule has 19 heavy (non-hydrogen) atoms. The van der Waals surface area contributed by atoms with Crippen LogP contribution in [0.2, 0.25) is 0 Å². The van der Waals surface area contributed by atoms with Gasteiger partial charge in [-0.05, 0) is 51.3 Å². The minimum Gasteiger partial charge on any atom is -0.317 e. The normalized spacial score (nSPS) is 13.6. The first-order valence-corrected chi connectivity index (χ1v) is 6.62. The lowest BCUT2D eigenvalue weighted by atomic mass is 9.96. The lowest BCUT2D eigenvalue weighted by Gasteiger charge is -2.18. The van der Waals surface area contributed by atoms with E-state index in [1.165, 1.54) is 16.7 Å². The number of hydrogen-bond acceptors (Lipinski definition) is 1. The zero-order valence-electron chi connectivity index (χ0n) is 11.8. The number of halogens is 3. The van der Waals surface area contributed by atoms with Crippen LogP contribution in [0.1, 0.15) is 36.0 Å². The molecular formula is C15H22F3N. The maximum absolute atomic E-state index is 12.1. The van der Waals surface area contributed by atoms with Crippen molar-refractivity contribution in [2.45, 2.75) is 51.7 Å². The second-order valence-electron chi connectivity index (χ2n) is 5.13. The monoisotopic (exact) mass is 273 g/mol. The van der Waals surface area contributed by atoms with Crippen LogP contribution in [0.5, 0.6) is 0 Å². The van der Waals surface area contributed by atoms with Crippen LogP contribution in [-0.2, 0) is 6.42 Å². The van der Waals surface area contributed by atoms with Crippen LogP contribution < -0.4 is 5.32 Å². The van der Waals surface area contributed by atoms with E-state index in [-0.39, 0.29) is 12.5 Å². The Morgan fingerprint density at radius 2 is 1.89 bits per heavy atom. The summed E-state index contributed by atoms with van der Waals surface area (Å²) in [5, 5.41) is 3.12. The second kappa shape index (κ2) is 6.94. The highest BCUT2D eigenvalue weighted by atomic mass is 19.4. The summed E-state index contributed by atoms with van der Waals surface area (Å²) in [5.74, 6) is 0. The van der Waals surface area contributed by atoms with E-state index in [1.807, 2.05) is 20.9 Å². The highest BCUT2D eigenvalue weighted by Crippen LogP contribution is 2.23. The average Bonchev–Trinajstić information content (AvgIpc) is 2.30. The summed E-state index contributed by atoms with van der Waals surface area (Å²) in [6, 6.07) is 6.33. The molecule has 0 radical (unpaired) electrons. The van der Waals surface area contributed by atoms with Gasteiger partial charge in [-0.15, -0.1) is 0 Å². The van der Waals surface area contributed by atoms with E-state index in [2.05, 4.69) is 23.5 Å². The lowest BCUT2D eigenvalue weighted by molar-refractivity contribution is -0.135. The fourth-order valence-electron chi connectivity index (χ4n) is 2.18. The minimum absolute atomic E-state index is 0.0999. The van der Waals surface area contributed by atoms with Crippen LogP contribution in [0, 0.1) is 13.8 Å². The molecule has 1 atom stereocenters. The van der Waals surface area contributed by atoms with E-state index in [9.17, 15) is 13.2 Å². The largest absolute Gasteiger partial charge is 0.389 e. The maximum atomic E-state index is 12.1. The first kappa shape index (κ1) is 16.0. The molecule has 108 valence electrons. The Bertz CT molecular complexity index is 399. The average molecular weight is 273 g/mol. The first-order valence-electron chi connectivity index (χ1n) is 6.62. The van der Waals surface area contributed by atoms with Crippen molar-refractivity contribution in [3.63, 3.8) is 0 Å². The molecule has 0 aliphatic carbocycles. The van der Waals surface area contributed by atoms with Crippen molar-refractivity contribution in [3.05, 3.63) is 34.9 Å². The van der Waals surface area contributed by atoms with Gasteiger partial charge in [0.05, 0.1) is 0 Å². The smallest absolute Gasteiger partial charge is 0.317 e. The van der Waals surface area contributed by atoms with Gasteiger partial charge in [-0.2, -0.15) is 13.2 Å². The van der Waals surface area contributed by atoms with Gasteiger partial charge in [-0.3, -0.25) is 0 Å². The third-order valence-electron chi connectivity index (χ3n) is 3.39. The Hall–Kier alpha value is -1.03. The Balaban J connectivity index is 2.54. The summed E-state index contributed by atoms with van der Waals surface area (Å²) in [7, 11) is 1.81. The quantitative estimate of drug-likeness (QED) is 0.820. The highest BCUT2D eigenvalue weighted by Gasteiger charge is 2.26. The molecule has 0 aliphatic rings. The molecular weight excluding hydrogens is 251 g/mol. The number of benzene rings is 1. The van der Waals surface area contributed by atoms with Gasteiger partial charge in [0.1, 0.15) is 0 Å². The molecule has 1 rings (SSSR count). The van der Waals surface area contributed by atoms with Crippen molar-refractivity contribution >= 4 is 0 Å². The van der Waals surface area contributed by atoms with Gasteiger partial charge < -0.3 is 5.32 Å². The molecule has 0 bridgehead atoms. The number of aryl methyl sites for hydroxylation is 2. The molecule has 1 nitrogen and oxygen atoms in total. The zero-order chi connectivity index (χ0) is 14.5. The van der Waals surface area contributed by atoms with Crippen molar-refractivity contribution in [2.75, 3.05) is 7.05 Å². The summed E-state index contributed by atoms with van der Waals surface area (Å²) >= 11 is 0. The van der Waals surface area contributed by atoms with Gasteiger partial charge in [0.2, 0.25) is 0 Å². The van der Waals surface area contributed by atoms with E-state index in [1.54, 1.807) is 0 Å². The number of nitrogens with one attached hydrogen (secondary N) is 1. The molecule has 1 aromatic rings. The molecule has 0 aromatic heterocycles. The SMILES string of the molecule is CNC(CCCC(F)(F)F)Cc1cc(C)ccc1C. The Labute approximate surface area is 113 Å². The first-order chi connectivity index (χ1) is 8.81. The van der Waals surface area contributed by atoms with Crippen LogP contribution >= 0.6 is 0 Å². The van der Waals surface area contributed by atoms with Crippen LogP contribution in [0.15, 0.2) is 18.2 Å². The Morgan fingerprint density at radius 3 is 2.47 bits per heavy atom. The van der Waals surface area contributed by atoms with Crippen LogP contribution in [-0.4, -0.2) is 19.3 Å². The van der Waals surface area contributed by atoms with Gasteiger partial charge in [-0.25, -0.2) is 0 Å². The minimum atomic E-state index is -4.04. The summed E-state index contributed by atoms with van der Waals surface area (Å²) < 4.78 is 36.4. The van der Waals surface area contributed by atoms with E-state index in [0.717, 1.165) is 6.42 Å². The number of alkyl halides is 3. The number of rotatable bonds is 6. The van der Waals surface area contributed by atoms with Gasteiger partial charge >= 0.3 is 6.18 Å². The van der Waals surface area contributed by atoms with Gasteiger partial charge in [0.25, 0.3) is 0 Å². The molecule has 1 aromatic carbocycles. The highest BCUT2D eigenvalue weighted by molar-refractivity contribution is 5.31. The molecule has 0 saturated heterocycles. The summed E-state index contributed by atoms with van der Waals surface area (Å²) in [6.07, 6.45) is -3.24. The standard InChI is InChI=1S/C15H22F3N/c1-11-6-7-12(2)13(9-11)10-14(19-3)5-4-8-15(16,17)18/h6-7,9,14,19H,4-5,8,10H2,1-3H3. The predicted octanol–water partition coefficient (Wildman–Crippen LogP) is 4.17. The van der Waals surface area contributed by atoms with Crippen LogP contribution in [0.3, 0.4) is 0 Å². The van der Waals surface area contributed by atoms with E-state index in [0.29, 0.717) is 6.42 Å². The molecule has 0 spiro atoms. The summed E-state index contributed by atoms with van der Waals surface area (Å²) in [4.78, 5) is 0. The number of likely N-dealkylation sites (N-methyl/N-ethyl adjacent to an activating group) is 1. The van der Waals surface area contributed by atoms with Crippen LogP contribution in [0.25, 0.3) is 0 Å². The zero-order valence-corrected chi connectivity index (χ0v) is 11.8. The fraction of sp³-hybridized carbons (Fsp3) is 0.600. The van der Waals surface area contributed by atoms with Crippen molar-refractivity contribution in [1.82, 2.24) is 5.32 Å². The molecule has 1 N–H and O–H groups in total. The Morgan fingerprint density at radius 1 is 1.21 bits per heavy atom. The topological polar surface area (TPSA) is 12.0 Å². The molecule has 0 aliphatic heterocycles. The van der Waals surface area contributed by atoms with Crippen molar-refractivity contribution < 1.29 is 13.2 Å². The van der Waals surface area contributed by atoms with Gasteiger partial charge in [0.15, 0.2) is 0 Å². The summed E-state index contributed by atoms with van der Waals surface area (Å²) in [6.45, 7) is 4.07. The third-order valence-corrected chi connectivity index (χ3v) is 3.39. The van der Waals surface area contributed by atoms with Crippen molar-refractivity contribution in [1.29, 1.82) is 0 Å². The second-order valence-corrected chi connectivity index (χ2v) is 5.13. The number of hydrogen-bond donors (Lipinski definition) is 1. The predicted molar refractivity (Wildman–Crippen MR) is 72.4 cm³/mol. The van der Waals surface area contributed by atoms with Gasteiger partial charge in [0, 0.05) is 12.5 Å². The molecule has 1 unspecified atom stereocenters. The molecule has 0 saturated carbocycles. The summed E-state index contributed by atoms with van der Waals surface area (Å²) in [5.41, 5.74) is 3.60. The third kappa shape index (κ3) is 6.10. The maximum Gasteiger partial charge on any atom is 0.389 e. The van der Waals surface area contributed by atoms with E-state index in [4.69, 9.17) is 0 Å². The van der Waals surface area contributed by atoms with Gasteiger partial charge in [-0.1, -0.05) is 23.8 Å². The van der Waals surface area contributed by atoms with Crippen LogP contribution in [0.4, 0.5) is 13.2 Å². The lowest BCUT2D eigenvalue weighted by Crippen LogP contribution is -2.28. The van der Waals surface area contributed by atoms with Crippen molar-refractivity contribution in [3.8, 4) is 0 Å². The molecule has 0 amide bonds.